The summed E-state index contributed by atoms with van der Waals surface area (Å²) in [4.78, 5) is 22.1. The fourth-order valence-electron chi connectivity index (χ4n) is 2.24. The Kier molecular flexibility index (Phi) is 5.00. The largest absolute Gasteiger partial charge is 0.392 e. The quantitative estimate of drug-likeness (QED) is 0.505. The highest BCUT2D eigenvalue weighted by Crippen LogP contribution is 2.28. The number of nitrogens with zero attached hydrogens (tertiary/aromatic N) is 1. The van der Waals surface area contributed by atoms with Crippen LogP contribution in [0.15, 0.2) is 12.1 Å². The van der Waals surface area contributed by atoms with Crippen LogP contribution < -0.4 is 11.1 Å². The van der Waals surface area contributed by atoms with Crippen LogP contribution in [0.1, 0.15) is 29.6 Å². The summed E-state index contributed by atoms with van der Waals surface area (Å²) < 4.78 is 13.7. The number of nitrogens with one attached hydrogen (secondary N) is 1. The lowest BCUT2D eigenvalue weighted by Gasteiger charge is -2.21. The predicted octanol–water partition coefficient (Wildman–Crippen LogP) is 2.33. The molecule has 0 saturated carbocycles. The van der Waals surface area contributed by atoms with Crippen LogP contribution in [0.4, 0.5) is 15.8 Å². The SMILES string of the molecule is Nc1c([N+](=O)[O-])ccc(F)c1C(=O)NCC1CCCCS1. The molecule has 0 spiro atoms. The molecule has 0 radical (unpaired) electrons. The summed E-state index contributed by atoms with van der Waals surface area (Å²) in [5.41, 5.74) is 4.19. The maximum absolute atomic E-state index is 13.7. The minimum Gasteiger partial charge on any atom is -0.392 e. The Morgan fingerprint density at radius 1 is 1.52 bits per heavy atom. The first-order chi connectivity index (χ1) is 10.0. The number of nitrogen functional groups attached to an aromatic ring is 1. The third kappa shape index (κ3) is 3.63. The van der Waals surface area contributed by atoms with Crippen LogP contribution in [0.25, 0.3) is 0 Å². The highest BCUT2D eigenvalue weighted by atomic mass is 32.2. The number of nitro groups is 1. The van der Waals surface area contributed by atoms with E-state index in [1.807, 2.05) is 0 Å². The Morgan fingerprint density at radius 2 is 2.29 bits per heavy atom. The molecule has 21 heavy (non-hydrogen) atoms. The van der Waals surface area contributed by atoms with Crippen LogP contribution >= 0.6 is 11.8 Å². The lowest BCUT2D eigenvalue weighted by molar-refractivity contribution is -0.384. The summed E-state index contributed by atoms with van der Waals surface area (Å²) in [5.74, 6) is -0.514. The number of carbonyl (C=O) groups is 1. The number of hydrogen-bond donors (Lipinski definition) is 2. The number of benzene rings is 1. The Labute approximate surface area is 125 Å². The first-order valence-corrected chi connectivity index (χ1v) is 7.67. The van der Waals surface area contributed by atoms with E-state index in [-0.39, 0.29) is 0 Å². The van der Waals surface area contributed by atoms with Gasteiger partial charge in [-0.15, -0.1) is 0 Å². The Bertz CT molecular complexity index is 562. The van der Waals surface area contributed by atoms with Crippen molar-refractivity contribution in [2.75, 3.05) is 18.0 Å². The van der Waals surface area contributed by atoms with E-state index in [9.17, 15) is 19.3 Å². The van der Waals surface area contributed by atoms with Gasteiger partial charge in [-0.25, -0.2) is 4.39 Å². The van der Waals surface area contributed by atoms with Gasteiger partial charge in [-0.3, -0.25) is 14.9 Å². The standard InChI is InChI=1S/C13H16FN3O3S/c14-9-4-5-10(17(19)20)12(15)11(9)13(18)16-7-8-3-1-2-6-21-8/h4-5,8H,1-3,6-7,15H2,(H,16,18). The first kappa shape index (κ1) is 15.6. The molecule has 8 heteroatoms. The zero-order valence-corrected chi connectivity index (χ0v) is 12.1. The van der Waals surface area contributed by atoms with Crippen LogP contribution in [0.5, 0.6) is 0 Å². The monoisotopic (exact) mass is 313 g/mol. The van der Waals surface area contributed by atoms with Gasteiger partial charge in [0.05, 0.1) is 4.92 Å². The van der Waals surface area contributed by atoms with Gasteiger partial charge in [0, 0.05) is 17.9 Å². The lowest BCUT2D eigenvalue weighted by atomic mass is 10.1. The molecule has 1 amide bonds. The fraction of sp³-hybridized carbons (Fsp3) is 0.462. The molecule has 1 unspecified atom stereocenters. The second-order valence-corrected chi connectivity index (χ2v) is 6.22. The molecule has 114 valence electrons. The van der Waals surface area contributed by atoms with Gasteiger partial charge in [-0.2, -0.15) is 11.8 Å². The van der Waals surface area contributed by atoms with Crippen LogP contribution in [-0.2, 0) is 0 Å². The minimum atomic E-state index is -0.855. The molecule has 0 aromatic heterocycles. The number of anilines is 1. The average molecular weight is 313 g/mol. The summed E-state index contributed by atoms with van der Waals surface area (Å²) in [6, 6.07) is 1.84. The number of amides is 1. The topological polar surface area (TPSA) is 98.3 Å². The molecule has 1 aliphatic rings. The summed E-state index contributed by atoms with van der Waals surface area (Å²) in [5, 5.41) is 13.7. The smallest absolute Gasteiger partial charge is 0.293 e. The van der Waals surface area contributed by atoms with E-state index in [0.29, 0.717) is 11.8 Å². The van der Waals surface area contributed by atoms with Crippen molar-refractivity contribution >= 4 is 29.0 Å². The van der Waals surface area contributed by atoms with Crippen molar-refractivity contribution < 1.29 is 14.1 Å². The van der Waals surface area contributed by atoms with Crippen molar-refractivity contribution in [2.45, 2.75) is 24.5 Å². The van der Waals surface area contributed by atoms with Gasteiger partial charge in [0.2, 0.25) is 0 Å². The molecule has 6 nitrogen and oxygen atoms in total. The van der Waals surface area contributed by atoms with Crippen molar-refractivity contribution in [1.29, 1.82) is 0 Å². The molecule has 0 aliphatic carbocycles. The van der Waals surface area contributed by atoms with Crippen molar-refractivity contribution in [3.05, 3.63) is 33.6 Å². The van der Waals surface area contributed by atoms with E-state index in [4.69, 9.17) is 5.73 Å². The molecule has 0 bridgehead atoms. The van der Waals surface area contributed by atoms with E-state index in [0.717, 1.165) is 30.7 Å². The maximum Gasteiger partial charge on any atom is 0.293 e. The normalized spacial score (nSPS) is 18.2. The van der Waals surface area contributed by atoms with Crippen molar-refractivity contribution in [1.82, 2.24) is 5.32 Å². The number of nitro benzene ring substituents is 1. The first-order valence-electron chi connectivity index (χ1n) is 6.63. The fourth-order valence-corrected chi connectivity index (χ4v) is 3.47. The molecular formula is C13H16FN3O3S. The Hall–Kier alpha value is -1.83. The molecule has 1 aromatic rings. The van der Waals surface area contributed by atoms with Crippen molar-refractivity contribution in [2.24, 2.45) is 0 Å². The molecular weight excluding hydrogens is 297 g/mol. The minimum absolute atomic E-state index is 0.297. The molecule has 3 N–H and O–H groups in total. The molecule has 1 aliphatic heterocycles. The Morgan fingerprint density at radius 3 is 2.90 bits per heavy atom. The summed E-state index contributed by atoms with van der Waals surface area (Å²) in [6.45, 7) is 0.408. The van der Waals surface area contributed by atoms with Gasteiger partial charge in [0.1, 0.15) is 17.1 Å². The number of halogens is 1. The van der Waals surface area contributed by atoms with Gasteiger partial charge in [0.15, 0.2) is 0 Å². The van der Waals surface area contributed by atoms with Gasteiger partial charge < -0.3 is 11.1 Å². The zero-order chi connectivity index (χ0) is 15.4. The number of carbonyl (C=O) groups excluding carboxylic acids is 1. The van der Waals surface area contributed by atoms with Crippen LogP contribution in [-0.4, -0.2) is 28.4 Å². The van der Waals surface area contributed by atoms with E-state index in [1.165, 1.54) is 6.42 Å². The summed E-state index contributed by atoms with van der Waals surface area (Å²) in [6.07, 6.45) is 3.28. The van der Waals surface area contributed by atoms with E-state index in [2.05, 4.69) is 5.32 Å². The number of nitrogens with two attached hydrogens (primary N) is 1. The molecule has 1 fully saturated rings. The van der Waals surface area contributed by atoms with E-state index in [1.54, 1.807) is 11.8 Å². The predicted molar refractivity (Wildman–Crippen MR) is 79.9 cm³/mol. The summed E-state index contributed by atoms with van der Waals surface area (Å²) in [7, 11) is 0. The molecule has 1 aromatic carbocycles. The van der Waals surface area contributed by atoms with Gasteiger partial charge in [0.25, 0.3) is 11.6 Å². The summed E-state index contributed by atoms with van der Waals surface area (Å²) >= 11 is 1.77. The highest BCUT2D eigenvalue weighted by Gasteiger charge is 2.24. The number of rotatable bonds is 4. The molecule has 1 heterocycles. The molecule has 1 saturated heterocycles. The average Bonchev–Trinajstić information content (AvgIpc) is 2.46. The lowest BCUT2D eigenvalue weighted by Crippen LogP contribution is -2.33. The zero-order valence-electron chi connectivity index (χ0n) is 11.3. The number of thioether (sulfide) groups is 1. The highest BCUT2D eigenvalue weighted by molar-refractivity contribution is 7.99. The van der Waals surface area contributed by atoms with Crippen LogP contribution in [0.2, 0.25) is 0 Å². The Balaban J connectivity index is 2.11. The van der Waals surface area contributed by atoms with E-state index < -0.39 is 33.6 Å². The molecule has 1 atom stereocenters. The number of hydrogen-bond acceptors (Lipinski definition) is 5. The molecule has 2 rings (SSSR count). The second-order valence-electron chi connectivity index (χ2n) is 4.81. The van der Waals surface area contributed by atoms with Gasteiger partial charge in [-0.05, 0) is 24.7 Å². The van der Waals surface area contributed by atoms with Crippen molar-refractivity contribution in [3.63, 3.8) is 0 Å². The van der Waals surface area contributed by atoms with Crippen LogP contribution in [0, 0.1) is 15.9 Å². The van der Waals surface area contributed by atoms with E-state index >= 15 is 0 Å². The van der Waals surface area contributed by atoms with Crippen LogP contribution in [0.3, 0.4) is 0 Å². The third-order valence-electron chi connectivity index (χ3n) is 3.36. The third-order valence-corrected chi connectivity index (χ3v) is 4.76. The maximum atomic E-state index is 13.7. The van der Waals surface area contributed by atoms with Gasteiger partial charge >= 0.3 is 0 Å². The second kappa shape index (κ2) is 6.75. The van der Waals surface area contributed by atoms with Gasteiger partial charge in [-0.1, -0.05) is 6.42 Å². The van der Waals surface area contributed by atoms with Crippen molar-refractivity contribution in [3.8, 4) is 0 Å².